The molecule has 2 heterocycles. The third kappa shape index (κ3) is 2.90. The number of hydrogen-bond acceptors (Lipinski definition) is 3. The Morgan fingerprint density at radius 1 is 1.47 bits per heavy atom. The summed E-state index contributed by atoms with van der Waals surface area (Å²) in [7, 11) is 0. The van der Waals surface area contributed by atoms with E-state index in [0.29, 0.717) is 6.04 Å². The van der Waals surface area contributed by atoms with E-state index in [1.54, 1.807) is 0 Å². The van der Waals surface area contributed by atoms with Crippen LogP contribution in [0.4, 0.5) is 0 Å². The van der Waals surface area contributed by atoms with E-state index in [-0.39, 0.29) is 0 Å². The average Bonchev–Trinajstić information content (AvgIpc) is 2.67. The largest absolute Gasteiger partial charge is 0.501 e. The summed E-state index contributed by atoms with van der Waals surface area (Å²) in [6, 6.07) is 2.65. The van der Waals surface area contributed by atoms with E-state index in [2.05, 4.69) is 32.2 Å². The van der Waals surface area contributed by atoms with Crippen molar-refractivity contribution in [1.82, 2.24) is 5.32 Å². The van der Waals surface area contributed by atoms with E-state index in [9.17, 15) is 0 Å². The second kappa shape index (κ2) is 5.69. The van der Waals surface area contributed by atoms with Crippen LogP contribution >= 0.6 is 11.3 Å². The van der Waals surface area contributed by atoms with Crippen molar-refractivity contribution in [2.24, 2.45) is 0 Å². The lowest BCUT2D eigenvalue weighted by Crippen LogP contribution is -2.23. The molecule has 94 valence electrons. The van der Waals surface area contributed by atoms with E-state index in [4.69, 9.17) is 4.74 Å². The first kappa shape index (κ1) is 12.7. The summed E-state index contributed by atoms with van der Waals surface area (Å²) in [5.74, 6) is 0. The van der Waals surface area contributed by atoms with Gasteiger partial charge in [-0.3, -0.25) is 0 Å². The Morgan fingerprint density at radius 2 is 2.29 bits per heavy atom. The van der Waals surface area contributed by atoms with Gasteiger partial charge in [0.2, 0.25) is 0 Å². The van der Waals surface area contributed by atoms with E-state index < -0.39 is 0 Å². The number of aryl methyl sites for hydroxylation is 2. The molecule has 0 spiro atoms. The maximum absolute atomic E-state index is 5.47. The Balaban J connectivity index is 2.24. The normalized spacial score (nSPS) is 17.5. The van der Waals surface area contributed by atoms with Crippen LogP contribution in [0.2, 0.25) is 0 Å². The van der Waals surface area contributed by atoms with Gasteiger partial charge in [0.1, 0.15) is 0 Å². The fraction of sp³-hybridized carbons (Fsp3) is 0.571. The van der Waals surface area contributed by atoms with Crippen LogP contribution in [0, 0.1) is 13.8 Å². The van der Waals surface area contributed by atoms with Crippen LogP contribution in [0.5, 0.6) is 0 Å². The minimum atomic E-state index is 0.345. The van der Waals surface area contributed by atoms with Crippen LogP contribution in [-0.2, 0) is 4.74 Å². The summed E-state index contributed by atoms with van der Waals surface area (Å²) in [5.41, 5.74) is 2.78. The van der Waals surface area contributed by atoms with E-state index in [0.717, 1.165) is 26.0 Å². The van der Waals surface area contributed by atoms with Gasteiger partial charge >= 0.3 is 0 Å². The predicted molar refractivity (Wildman–Crippen MR) is 73.5 cm³/mol. The van der Waals surface area contributed by atoms with Crippen LogP contribution < -0.4 is 5.32 Å². The summed E-state index contributed by atoms with van der Waals surface area (Å²) in [6.45, 7) is 8.38. The van der Waals surface area contributed by atoms with Gasteiger partial charge in [-0.25, -0.2) is 0 Å². The van der Waals surface area contributed by atoms with Gasteiger partial charge in [-0.05, 0) is 50.4 Å². The van der Waals surface area contributed by atoms with Gasteiger partial charge in [0.25, 0.3) is 0 Å². The highest BCUT2D eigenvalue weighted by Gasteiger charge is 2.20. The molecule has 1 aromatic rings. The first-order chi connectivity index (χ1) is 8.22. The summed E-state index contributed by atoms with van der Waals surface area (Å²) in [5, 5.41) is 3.57. The summed E-state index contributed by atoms with van der Waals surface area (Å²) in [4.78, 5) is 2.83. The molecule has 3 heteroatoms. The summed E-state index contributed by atoms with van der Waals surface area (Å²) >= 11 is 1.90. The Bertz CT molecular complexity index is 389. The number of ether oxygens (including phenoxy) is 1. The molecule has 0 saturated heterocycles. The topological polar surface area (TPSA) is 21.3 Å². The molecule has 1 unspecified atom stereocenters. The molecule has 1 aliphatic heterocycles. The van der Waals surface area contributed by atoms with Crippen molar-refractivity contribution in [2.75, 3.05) is 13.2 Å². The Morgan fingerprint density at radius 3 is 2.82 bits per heavy atom. The molecule has 0 radical (unpaired) electrons. The lowest BCUT2D eigenvalue weighted by molar-refractivity contribution is 0.219. The molecule has 2 nitrogen and oxygen atoms in total. The average molecular weight is 251 g/mol. The van der Waals surface area contributed by atoms with Gasteiger partial charge in [0, 0.05) is 9.75 Å². The molecule has 0 bridgehead atoms. The maximum Gasteiger partial charge on any atom is 0.0876 e. The van der Waals surface area contributed by atoms with Gasteiger partial charge in [-0.2, -0.15) is 0 Å². The quantitative estimate of drug-likeness (QED) is 0.881. The Kier molecular flexibility index (Phi) is 4.24. The van der Waals surface area contributed by atoms with E-state index in [1.165, 1.54) is 20.9 Å². The highest BCUT2D eigenvalue weighted by Crippen LogP contribution is 2.33. The highest BCUT2D eigenvalue weighted by molar-refractivity contribution is 7.12. The first-order valence-electron chi connectivity index (χ1n) is 6.33. The van der Waals surface area contributed by atoms with Crippen molar-refractivity contribution in [3.8, 4) is 0 Å². The minimum Gasteiger partial charge on any atom is -0.501 e. The molecule has 0 amide bonds. The SMILES string of the molecule is CCNC(C1=COCCC1)c1cc(C)c(C)s1. The molecule has 1 aromatic heterocycles. The molecule has 0 saturated carbocycles. The molecular weight excluding hydrogens is 230 g/mol. The lowest BCUT2D eigenvalue weighted by Gasteiger charge is -2.23. The molecule has 1 aliphatic rings. The van der Waals surface area contributed by atoms with Crippen LogP contribution in [0.3, 0.4) is 0 Å². The molecule has 0 aliphatic carbocycles. The standard InChI is InChI=1S/C14H21NOS/c1-4-15-14(12-6-5-7-16-9-12)13-8-10(2)11(3)17-13/h8-9,14-15H,4-7H2,1-3H3. The van der Waals surface area contributed by atoms with Crippen LogP contribution in [0.15, 0.2) is 17.9 Å². The molecule has 17 heavy (non-hydrogen) atoms. The smallest absolute Gasteiger partial charge is 0.0876 e. The minimum absolute atomic E-state index is 0.345. The number of nitrogens with one attached hydrogen (secondary N) is 1. The summed E-state index contributed by atoms with van der Waals surface area (Å²) < 4.78 is 5.47. The van der Waals surface area contributed by atoms with Crippen molar-refractivity contribution in [2.45, 2.75) is 39.7 Å². The zero-order valence-corrected chi connectivity index (χ0v) is 11.7. The predicted octanol–water partition coefficient (Wildman–Crippen LogP) is 3.71. The molecular formula is C14H21NOS. The van der Waals surface area contributed by atoms with Gasteiger partial charge in [-0.1, -0.05) is 6.92 Å². The molecule has 1 atom stereocenters. The summed E-state index contributed by atoms with van der Waals surface area (Å²) in [6.07, 6.45) is 4.24. The Labute approximate surface area is 108 Å². The number of thiophene rings is 1. The van der Waals surface area contributed by atoms with Gasteiger partial charge in [0.05, 0.1) is 18.9 Å². The maximum atomic E-state index is 5.47. The molecule has 0 fully saturated rings. The van der Waals surface area contributed by atoms with Crippen LogP contribution in [0.25, 0.3) is 0 Å². The van der Waals surface area contributed by atoms with Crippen molar-refractivity contribution >= 4 is 11.3 Å². The zero-order chi connectivity index (χ0) is 12.3. The zero-order valence-electron chi connectivity index (χ0n) is 10.9. The van der Waals surface area contributed by atoms with Crippen molar-refractivity contribution in [3.05, 3.63) is 33.2 Å². The van der Waals surface area contributed by atoms with Gasteiger partial charge in [0.15, 0.2) is 0 Å². The van der Waals surface area contributed by atoms with E-state index in [1.807, 2.05) is 17.6 Å². The first-order valence-corrected chi connectivity index (χ1v) is 7.15. The highest BCUT2D eigenvalue weighted by atomic mass is 32.1. The van der Waals surface area contributed by atoms with Crippen LogP contribution in [-0.4, -0.2) is 13.2 Å². The van der Waals surface area contributed by atoms with Gasteiger partial charge < -0.3 is 10.1 Å². The van der Waals surface area contributed by atoms with Crippen molar-refractivity contribution in [1.29, 1.82) is 0 Å². The Hall–Kier alpha value is -0.800. The second-order valence-electron chi connectivity index (χ2n) is 4.55. The fourth-order valence-corrected chi connectivity index (χ4v) is 3.32. The van der Waals surface area contributed by atoms with Crippen LogP contribution in [0.1, 0.15) is 41.1 Å². The van der Waals surface area contributed by atoms with E-state index >= 15 is 0 Å². The lowest BCUT2D eigenvalue weighted by atomic mass is 10.0. The van der Waals surface area contributed by atoms with Gasteiger partial charge in [-0.15, -0.1) is 11.3 Å². The van der Waals surface area contributed by atoms with Crippen molar-refractivity contribution < 1.29 is 4.74 Å². The third-order valence-corrected chi connectivity index (χ3v) is 4.43. The monoisotopic (exact) mass is 251 g/mol. The fourth-order valence-electron chi connectivity index (χ4n) is 2.16. The molecule has 2 rings (SSSR count). The third-order valence-electron chi connectivity index (χ3n) is 3.21. The molecule has 1 N–H and O–H groups in total. The number of likely N-dealkylation sites (N-methyl/N-ethyl adjacent to an activating group) is 1. The number of hydrogen-bond donors (Lipinski definition) is 1. The number of rotatable bonds is 4. The molecule has 0 aromatic carbocycles. The second-order valence-corrected chi connectivity index (χ2v) is 5.83. The van der Waals surface area contributed by atoms with Crippen molar-refractivity contribution in [3.63, 3.8) is 0 Å².